The molecular weight excluding hydrogens is 110 g/mol. The molecule has 1 atom stereocenters. The van der Waals surface area contributed by atoms with Gasteiger partial charge in [0.15, 0.2) is 0 Å². The third-order valence-electron chi connectivity index (χ3n) is 2.44. The highest BCUT2D eigenvalue weighted by Gasteiger charge is 2.21. The molecule has 0 radical (unpaired) electrons. The lowest BCUT2D eigenvalue weighted by atomic mass is 9.95. The maximum Gasteiger partial charge on any atom is 0.0167 e. The van der Waals surface area contributed by atoms with Crippen LogP contribution in [-0.2, 0) is 0 Å². The topological polar surface area (TPSA) is 12.0 Å². The smallest absolute Gasteiger partial charge is 0.0167 e. The van der Waals surface area contributed by atoms with Gasteiger partial charge in [0.25, 0.3) is 0 Å². The highest BCUT2D eigenvalue weighted by Crippen LogP contribution is 2.29. The van der Waals surface area contributed by atoms with E-state index in [0.29, 0.717) is 0 Å². The lowest BCUT2D eigenvalue weighted by Gasteiger charge is -2.21. The molecular formula is C8H13N. The summed E-state index contributed by atoms with van der Waals surface area (Å²) in [5.74, 6) is 0.964. The van der Waals surface area contributed by atoms with E-state index in [2.05, 4.69) is 11.4 Å². The van der Waals surface area contributed by atoms with Gasteiger partial charge in [-0.25, -0.2) is 0 Å². The second-order valence-electron chi connectivity index (χ2n) is 3.02. The van der Waals surface area contributed by atoms with Crippen LogP contribution >= 0.6 is 0 Å². The van der Waals surface area contributed by atoms with Gasteiger partial charge >= 0.3 is 0 Å². The molecule has 1 heteroatoms. The van der Waals surface area contributed by atoms with Gasteiger partial charge in [-0.05, 0) is 31.7 Å². The van der Waals surface area contributed by atoms with Gasteiger partial charge < -0.3 is 5.32 Å². The van der Waals surface area contributed by atoms with Crippen LogP contribution in [0.15, 0.2) is 11.6 Å². The van der Waals surface area contributed by atoms with E-state index in [1.807, 2.05) is 0 Å². The third-order valence-corrected chi connectivity index (χ3v) is 2.44. The number of rotatable bonds is 0. The van der Waals surface area contributed by atoms with Gasteiger partial charge in [0.05, 0.1) is 0 Å². The Morgan fingerprint density at radius 2 is 2.44 bits per heavy atom. The van der Waals surface area contributed by atoms with Crippen LogP contribution in [0.1, 0.15) is 19.3 Å². The van der Waals surface area contributed by atoms with E-state index in [1.54, 1.807) is 5.57 Å². The van der Waals surface area contributed by atoms with E-state index < -0.39 is 0 Å². The predicted molar refractivity (Wildman–Crippen MR) is 38.3 cm³/mol. The van der Waals surface area contributed by atoms with E-state index >= 15 is 0 Å². The Morgan fingerprint density at radius 1 is 1.44 bits per heavy atom. The Labute approximate surface area is 56.1 Å². The molecule has 50 valence electrons. The molecule has 1 unspecified atom stereocenters. The van der Waals surface area contributed by atoms with Crippen LogP contribution in [0.5, 0.6) is 0 Å². The van der Waals surface area contributed by atoms with Crippen molar-refractivity contribution >= 4 is 0 Å². The van der Waals surface area contributed by atoms with Crippen molar-refractivity contribution in [3.05, 3.63) is 11.6 Å². The zero-order valence-corrected chi connectivity index (χ0v) is 5.69. The fourth-order valence-electron chi connectivity index (χ4n) is 1.88. The lowest BCUT2D eigenvalue weighted by Crippen LogP contribution is -2.28. The minimum absolute atomic E-state index is 0.964. The van der Waals surface area contributed by atoms with Crippen molar-refractivity contribution in [2.45, 2.75) is 19.3 Å². The van der Waals surface area contributed by atoms with Crippen molar-refractivity contribution in [1.29, 1.82) is 0 Å². The van der Waals surface area contributed by atoms with E-state index in [-0.39, 0.29) is 0 Å². The molecule has 0 aromatic heterocycles. The zero-order valence-electron chi connectivity index (χ0n) is 5.69. The van der Waals surface area contributed by atoms with E-state index in [9.17, 15) is 0 Å². The van der Waals surface area contributed by atoms with Crippen LogP contribution in [0.4, 0.5) is 0 Å². The molecule has 1 heterocycles. The fraction of sp³-hybridized carbons (Fsp3) is 0.750. The number of allylic oxidation sites excluding steroid dienone is 1. The van der Waals surface area contributed by atoms with E-state index in [4.69, 9.17) is 0 Å². The number of hydrogen-bond acceptors (Lipinski definition) is 1. The monoisotopic (exact) mass is 123 g/mol. The average molecular weight is 123 g/mol. The maximum atomic E-state index is 3.39. The summed E-state index contributed by atoms with van der Waals surface area (Å²) in [6, 6.07) is 0. The van der Waals surface area contributed by atoms with Crippen LogP contribution in [-0.4, -0.2) is 13.1 Å². The number of piperidine rings is 1. The molecule has 2 aliphatic rings. The largest absolute Gasteiger partial charge is 0.313 e. The van der Waals surface area contributed by atoms with Crippen LogP contribution in [0, 0.1) is 5.92 Å². The minimum Gasteiger partial charge on any atom is -0.313 e. The molecule has 1 N–H and O–H groups in total. The molecule has 1 nitrogen and oxygen atoms in total. The van der Waals surface area contributed by atoms with Crippen LogP contribution in [0.2, 0.25) is 0 Å². The number of fused-ring (bicyclic) bond motifs is 1. The molecule has 1 aliphatic heterocycles. The fourth-order valence-corrected chi connectivity index (χ4v) is 1.88. The van der Waals surface area contributed by atoms with Crippen LogP contribution in [0.25, 0.3) is 0 Å². The summed E-state index contributed by atoms with van der Waals surface area (Å²) in [7, 11) is 0. The number of hydrogen-bond donors (Lipinski definition) is 1. The van der Waals surface area contributed by atoms with Crippen molar-refractivity contribution in [3.8, 4) is 0 Å². The second-order valence-corrected chi connectivity index (χ2v) is 3.02. The van der Waals surface area contributed by atoms with Gasteiger partial charge in [0.2, 0.25) is 0 Å². The van der Waals surface area contributed by atoms with Crippen molar-refractivity contribution in [3.63, 3.8) is 0 Å². The van der Waals surface area contributed by atoms with E-state index in [1.165, 1.54) is 32.4 Å². The first-order valence-electron chi connectivity index (χ1n) is 3.86. The van der Waals surface area contributed by atoms with E-state index in [0.717, 1.165) is 5.92 Å². The van der Waals surface area contributed by atoms with Crippen molar-refractivity contribution in [2.75, 3.05) is 13.1 Å². The molecule has 1 saturated heterocycles. The molecule has 0 aromatic carbocycles. The summed E-state index contributed by atoms with van der Waals surface area (Å²) in [6.07, 6.45) is 6.56. The predicted octanol–water partition coefficient (Wildman–Crippen LogP) is 1.32. The zero-order chi connectivity index (χ0) is 6.10. The highest BCUT2D eigenvalue weighted by molar-refractivity contribution is 5.16. The van der Waals surface area contributed by atoms with Gasteiger partial charge in [-0.15, -0.1) is 0 Å². The molecule has 0 amide bonds. The Bertz CT molecular complexity index is 138. The van der Waals surface area contributed by atoms with Crippen molar-refractivity contribution < 1.29 is 0 Å². The Hall–Kier alpha value is -0.300. The van der Waals surface area contributed by atoms with Crippen molar-refractivity contribution in [2.24, 2.45) is 5.92 Å². The number of nitrogens with one attached hydrogen (secondary N) is 1. The normalized spacial score (nSPS) is 33.8. The Kier molecular flexibility index (Phi) is 1.31. The van der Waals surface area contributed by atoms with Crippen LogP contribution in [0.3, 0.4) is 0 Å². The summed E-state index contributed by atoms with van der Waals surface area (Å²) in [5.41, 5.74) is 1.68. The summed E-state index contributed by atoms with van der Waals surface area (Å²) in [4.78, 5) is 0. The molecule has 1 aliphatic carbocycles. The van der Waals surface area contributed by atoms with Gasteiger partial charge in [0.1, 0.15) is 0 Å². The lowest BCUT2D eigenvalue weighted by molar-refractivity contribution is 0.469. The molecule has 0 aromatic rings. The molecule has 0 saturated carbocycles. The first kappa shape index (κ1) is 5.48. The summed E-state index contributed by atoms with van der Waals surface area (Å²) >= 11 is 0. The molecule has 0 bridgehead atoms. The minimum atomic E-state index is 0.964. The van der Waals surface area contributed by atoms with Gasteiger partial charge in [-0.3, -0.25) is 0 Å². The third kappa shape index (κ3) is 0.897. The molecule has 2 rings (SSSR count). The second kappa shape index (κ2) is 2.14. The van der Waals surface area contributed by atoms with Gasteiger partial charge in [-0.1, -0.05) is 11.6 Å². The molecule has 9 heavy (non-hydrogen) atoms. The van der Waals surface area contributed by atoms with Gasteiger partial charge in [0, 0.05) is 6.54 Å². The average Bonchev–Trinajstić information content (AvgIpc) is 2.33. The summed E-state index contributed by atoms with van der Waals surface area (Å²) in [5, 5.41) is 3.39. The Morgan fingerprint density at radius 3 is 3.33 bits per heavy atom. The highest BCUT2D eigenvalue weighted by atomic mass is 14.9. The summed E-state index contributed by atoms with van der Waals surface area (Å²) in [6.45, 7) is 2.41. The quantitative estimate of drug-likeness (QED) is 0.479. The van der Waals surface area contributed by atoms with Crippen LogP contribution < -0.4 is 5.32 Å². The summed E-state index contributed by atoms with van der Waals surface area (Å²) < 4.78 is 0. The first-order valence-corrected chi connectivity index (χ1v) is 3.86. The van der Waals surface area contributed by atoms with Crippen molar-refractivity contribution in [1.82, 2.24) is 5.32 Å². The molecule has 0 spiro atoms. The standard InChI is InChI=1S/C8H13N/c1-2-7-4-5-9-6-8(7)3-1/h3,7,9H,1-2,4-6H2. The first-order chi connectivity index (χ1) is 4.47. The maximum absolute atomic E-state index is 3.39. The molecule has 1 fully saturated rings. The van der Waals surface area contributed by atoms with Gasteiger partial charge in [-0.2, -0.15) is 0 Å². The Balaban J connectivity index is 2.09. The SMILES string of the molecule is C1=C2CNCCC2CC1.